The van der Waals surface area contributed by atoms with Crippen molar-refractivity contribution in [3.63, 3.8) is 0 Å². The number of hydrogen-bond donors (Lipinski definition) is 4. The van der Waals surface area contributed by atoms with E-state index in [1.807, 2.05) is 0 Å². The van der Waals surface area contributed by atoms with Crippen LogP contribution in [-0.4, -0.2) is 47.1 Å². The van der Waals surface area contributed by atoms with Gasteiger partial charge in [0.05, 0.1) is 13.2 Å². The molecule has 0 saturated carbocycles. The second-order valence-electron chi connectivity index (χ2n) is 4.67. The molecule has 118 valence electrons. The zero-order valence-corrected chi connectivity index (χ0v) is 12.1. The minimum absolute atomic E-state index is 0.0405. The van der Waals surface area contributed by atoms with Crippen LogP contribution in [0, 0.1) is 11.8 Å². The average Bonchev–Trinajstić information content (AvgIpc) is 2.89. The van der Waals surface area contributed by atoms with E-state index in [1.54, 1.807) is 6.92 Å². The number of imidazole rings is 1. The highest BCUT2D eigenvalue weighted by molar-refractivity contribution is 5.71. The number of fused-ring (bicyclic) bond motifs is 1. The molecule has 0 amide bonds. The molecule has 0 aliphatic rings. The van der Waals surface area contributed by atoms with E-state index in [4.69, 9.17) is 5.11 Å². The summed E-state index contributed by atoms with van der Waals surface area (Å²) < 4.78 is 2.43. The zero-order chi connectivity index (χ0) is 16.4. The molecule has 4 N–H and O–H groups in total. The third-order valence-electron chi connectivity index (χ3n) is 3.27. The molecule has 2 heterocycles. The van der Waals surface area contributed by atoms with Crippen molar-refractivity contribution in [2.45, 2.75) is 25.7 Å². The molecule has 22 heavy (non-hydrogen) atoms. The van der Waals surface area contributed by atoms with Crippen molar-refractivity contribution in [2.75, 3.05) is 6.61 Å². The predicted octanol–water partition coefficient (Wildman–Crippen LogP) is -2.17. The largest absolute Gasteiger partial charge is 0.394 e. The second kappa shape index (κ2) is 6.15. The summed E-state index contributed by atoms with van der Waals surface area (Å²) in [5, 5.41) is 28.6. The van der Waals surface area contributed by atoms with Gasteiger partial charge >= 0.3 is 5.69 Å². The highest BCUT2D eigenvalue weighted by Crippen LogP contribution is 2.20. The summed E-state index contributed by atoms with van der Waals surface area (Å²) in [5.41, 5.74) is -1.19. The number of nitrogens with one attached hydrogen (secondary N) is 1. The van der Waals surface area contributed by atoms with Gasteiger partial charge in [0, 0.05) is 7.05 Å². The third kappa shape index (κ3) is 2.55. The Balaban J connectivity index is 2.82. The molecular formula is C13H16N4O5. The minimum atomic E-state index is -1.52. The lowest BCUT2D eigenvalue weighted by Crippen LogP contribution is -2.29. The van der Waals surface area contributed by atoms with E-state index in [0.29, 0.717) is 0 Å². The lowest BCUT2D eigenvalue weighted by atomic mass is 10.2. The van der Waals surface area contributed by atoms with Crippen LogP contribution >= 0.6 is 0 Å². The molecule has 0 spiro atoms. The first-order chi connectivity index (χ1) is 10.4. The van der Waals surface area contributed by atoms with E-state index in [-0.39, 0.29) is 23.5 Å². The number of nitrogens with zero attached hydrogens (tertiary/aromatic N) is 3. The van der Waals surface area contributed by atoms with E-state index in [0.717, 1.165) is 4.57 Å². The number of aryl methyl sites for hydroxylation is 1. The molecule has 9 nitrogen and oxygen atoms in total. The van der Waals surface area contributed by atoms with E-state index in [2.05, 4.69) is 21.8 Å². The van der Waals surface area contributed by atoms with Gasteiger partial charge in [-0.1, -0.05) is 5.92 Å². The monoisotopic (exact) mass is 308 g/mol. The number of aliphatic hydroxyl groups excluding tert-OH is 3. The molecule has 0 saturated heterocycles. The fourth-order valence-corrected chi connectivity index (χ4v) is 2.07. The van der Waals surface area contributed by atoms with Crippen molar-refractivity contribution in [2.24, 2.45) is 7.05 Å². The maximum Gasteiger partial charge on any atom is 0.329 e. The Bertz CT molecular complexity index is 867. The molecule has 2 aromatic heterocycles. The van der Waals surface area contributed by atoms with Gasteiger partial charge in [-0.25, -0.2) is 9.78 Å². The Labute approximate surface area is 124 Å². The van der Waals surface area contributed by atoms with Crippen LogP contribution in [0.5, 0.6) is 0 Å². The molecule has 0 radical (unpaired) electrons. The van der Waals surface area contributed by atoms with E-state index in [9.17, 15) is 19.8 Å². The van der Waals surface area contributed by atoms with Crippen LogP contribution < -0.4 is 11.2 Å². The van der Waals surface area contributed by atoms with E-state index < -0.39 is 30.1 Å². The molecule has 2 unspecified atom stereocenters. The number of H-pyrrole nitrogens is 1. The van der Waals surface area contributed by atoms with Gasteiger partial charge in [-0.15, -0.1) is 5.92 Å². The lowest BCUT2D eigenvalue weighted by Gasteiger charge is -2.15. The van der Waals surface area contributed by atoms with Crippen LogP contribution in [0.15, 0.2) is 9.59 Å². The van der Waals surface area contributed by atoms with Gasteiger partial charge in [0.15, 0.2) is 11.2 Å². The van der Waals surface area contributed by atoms with Gasteiger partial charge in [0.2, 0.25) is 0 Å². The first-order valence-corrected chi connectivity index (χ1v) is 6.48. The fraction of sp³-hybridized carbons (Fsp3) is 0.462. The number of aliphatic hydroxyl groups is 3. The van der Waals surface area contributed by atoms with Crippen LogP contribution in [0.2, 0.25) is 0 Å². The lowest BCUT2D eigenvalue weighted by molar-refractivity contribution is -0.0206. The standard InChI is InChI=1S/C13H16N4O5/c1-3-4-5-17-8-10(16(2)13(22)15-12(8)21)14-11(17)9(20)7(19)6-18/h7,9,18-20H,5-6H2,1-2H3,(H,15,21,22). The van der Waals surface area contributed by atoms with Gasteiger partial charge in [-0.05, 0) is 6.92 Å². The first-order valence-electron chi connectivity index (χ1n) is 6.48. The van der Waals surface area contributed by atoms with Crippen LogP contribution in [0.3, 0.4) is 0 Å². The maximum absolute atomic E-state index is 12.0. The van der Waals surface area contributed by atoms with Crippen molar-refractivity contribution in [1.29, 1.82) is 0 Å². The van der Waals surface area contributed by atoms with E-state index >= 15 is 0 Å². The van der Waals surface area contributed by atoms with Crippen LogP contribution in [-0.2, 0) is 13.6 Å². The SMILES string of the molecule is CC#CCn1c(C(O)C(O)CO)nc2c1c(=O)[nH]c(=O)n2C. The minimum Gasteiger partial charge on any atom is -0.394 e. The molecule has 0 aliphatic heterocycles. The normalized spacial score (nSPS) is 13.7. The Morgan fingerprint density at radius 2 is 2.05 bits per heavy atom. The first kappa shape index (κ1) is 16.0. The Hall–Kier alpha value is -2.41. The summed E-state index contributed by atoms with van der Waals surface area (Å²) in [6.45, 7) is 0.968. The van der Waals surface area contributed by atoms with Crippen LogP contribution in [0.1, 0.15) is 18.9 Å². The van der Waals surface area contributed by atoms with Gasteiger partial charge in [0.1, 0.15) is 18.0 Å². The molecular weight excluding hydrogens is 292 g/mol. The smallest absolute Gasteiger partial charge is 0.329 e. The summed E-state index contributed by atoms with van der Waals surface area (Å²) in [7, 11) is 1.42. The van der Waals surface area contributed by atoms with Gasteiger partial charge < -0.3 is 19.9 Å². The molecule has 0 aliphatic carbocycles. The zero-order valence-electron chi connectivity index (χ0n) is 12.1. The third-order valence-corrected chi connectivity index (χ3v) is 3.27. The van der Waals surface area contributed by atoms with Crippen LogP contribution in [0.4, 0.5) is 0 Å². The molecule has 2 atom stereocenters. The fourth-order valence-electron chi connectivity index (χ4n) is 2.07. The predicted molar refractivity (Wildman–Crippen MR) is 77.1 cm³/mol. The van der Waals surface area contributed by atoms with Crippen molar-refractivity contribution in [3.8, 4) is 11.8 Å². The quantitative estimate of drug-likeness (QED) is 0.475. The van der Waals surface area contributed by atoms with Crippen molar-refractivity contribution in [3.05, 3.63) is 26.7 Å². The van der Waals surface area contributed by atoms with Gasteiger partial charge in [-0.3, -0.25) is 14.3 Å². The van der Waals surface area contributed by atoms with Crippen molar-refractivity contribution in [1.82, 2.24) is 19.1 Å². The molecule has 2 rings (SSSR count). The molecule has 9 heteroatoms. The Morgan fingerprint density at radius 3 is 2.64 bits per heavy atom. The summed E-state index contributed by atoms with van der Waals surface area (Å²) in [6.07, 6.45) is -2.99. The number of rotatable bonds is 4. The highest BCUT2D eigenvalue weighted by Gasteiger charge is 2.26. The summed E-state index contributed by atoms with van der Waals surface area (Å²) in [5.74, 6) is 5.34. The maximum atomic E-state index is 12.0. The van der Waals surface area contributed by atoms with Crippen molar-refractivity contribution >= 4 is 11.2 Å². The Morgan fingerprint density at radius 1 is 1.36 bits per heavy atom. The average molecular weight is 308 g/mol. The Kier molecular flexibility index (Phi) is 4.46. The van der Waals surface area contributed by atoms with Gasteiger partial charge in [-0.2, -0.15) is 0 Å². The van der Waals surface area contributed by atoms with Gasteiger partial charge in [0.25, 0.3) is 5.56 Å². The summed E-state index contributed by atoms with van der Waals surface area (Å²) in [6, 6.07) is 0. The molecule has 0 bridgehead atoms. The molecule has 2 aromatic rings. The highest BCUT2D eigenvalue weighted by atomic mass is 16.4. The molecule has 0 aromatic carbocycles. The van der Waals surface area contributed by atoms with E-state index in [1.165, 1.54) is 11.6 Å². The topological polar surface area (TPSA) is 133 Å². The second-order valence-corrected chi connectivity index (χ2v) is 4.67. The number of hydrogen-bond acceptors (Lipinski definition) is 6. The summed E-state index contributed by atoms with van der Waals surface area (Å²) in [4.78, 5) is 29.9. The summed E-state index contributed by atoms with van der Waals surface area (Å²) >= 11 is 0. The van der Waals surface area contributed by atoms with Crippen molar-refractivity contribution < 1.29 is 15.3 Å². The molecule has 0 fully saturated rings. The van der Waals surface area contributed by atoms with Crippen LogP contribution in [0.25, 0.3) is 11.2 Å². The number of aromatic nitrogens is 4. The number of aromatic amines is 1.